The molecule has 0 saturated heterocycles. The summed E-state index contributed by atoms with van der Waals surface area (Å²) in [6.07, 6.45) is 0.743. The van der Waals surface area contributed by atoms with Crippen molar-refractivity contribution in [2.45, 2.75) is 33.2 Å². The molecule has 0 fully saturated rings. The molecule has 0 bridgehead atoms. The van der Waals surface area contributed by atoms with Crippen LogP contribution in [0, 0.1) is 12.8 Å². The van der Waals surface area contributed by atoms with E-state index in [2.05, 4.69) is 36.8 Å². The molecule has 30 heavy (non-hydrogen) atoms. The predicted octanol–water partition coefficient (Wildman–Crippen LogP) is 5.06. The molecule has 1 heterocycles. The zero-order chi connectivity index (χ0) is 21.7. The molecule has 156 valence electrons. The van der Waals surface area contributed by atoms with Gasteiger partial charge in [0.05, 0.1) is 0 Å². The predicted molar refractivity (Wildman–Crippen MR) is 124 cm³/mol. The molecule has 0 aliphatic heterocycles. The van der Waals surface area contributed by atoms with Crippen LogP contribution in [-0.2, 0) is 4.79 Å². The third kappa shape index (κ3) is 5.52. The third-order valence-electron chi connectivity index (χ3n) is 4.84. The molecule has 2 aromatic carbocycles. The summed E-state index contributed by atoms with van der Waals surface area (Å²) >= 11 is 4.70. The summed E-state index contributed by atoms with van der Waals surface area (Å²) in [6.45, 7) is 5.88. The summed E-state index contributed by atoms with van der Waals surface area (Å²) in [5.41, 5.74) is 2.51. The van der Waals surface area contributed by atoms with Crippen molar-refractivity contribution < 1.29 is 9.59 Å². The first-order valence-corrected chi connectivity index (χ1v) is 11.3. The van der Waals surface area contributed by atoms with Gasteiger partial charge in [0, 0.05) is 15.6 Å². The van der Waals surface area contributed by atoms with Crippen LogP contribution in [0.5, 0.6) is 0 Å². The molecule has 2 N–H and O–H groups in total. The highest BCUT2D eigenvalue weighted by molar-refractivity contribution is 9.10. The lowest BCUT2D eigenvalue weighted by Crippen LogP contribution is -2.47. The van der Waals surface area contributed by atoms with Crippen LogP contribution < -0.4 is 10.6 Å². The maximum atomic E-state index is 12.9. The molecular weight excluding hydrogens is 464 g/mol. The zero-order valence-electron chi connectivity index (χ0n) is 17.0. The second-order valence-electron chi connectivity index (χ2n) is 7.11. The molecule has 0 aliphatic carbocycles. The minimum atomic E-state index is -0.677. The first-order valence-electron chi connectivity index (χ1n) is 9.65. The van der Waals surface area contributed by atoms with Crippen molar-refractivity contribution in [1.82, 2.24) is 15.5 Å². The Hall–Kier alpha value is -2.58. The van der Waals surface area contributed by atoms with Gasteiger partial charge in [-0.3, -0.25) is 14.9 Å². The summed E-state index contributed by atoms with van der Waals surface area (Å²) < 4.78 is 0.977. The van der Waals surface area contributed by atoms with Crippen molar-refractivity contribution in [3.8, 4) is 10.6 Å². The second-order valence-corrected chi connectivity index (χ2v) is 9.00. The van der Waals surface area contributed by atoms with Crippen molar-refractivity contribution in [3.63, 3.8) is 0 Å². The SMILES string of the molecule is CCC(C)C(NC(=O)c1ccc(C)cc1)C(=O)Nc1nnc(-c2ccc(Br)cc2)s1. The first kappa shape index (κ1) is 22.1. The summed E-state index contributed by atoms with van der Waals surface area (Å²) in [6, 6.07) is 14.3. The number of anilines is 1. The van der Waals surface area contributed by atoms with E-state index in [-0.39, 0.29) is 17.7 Å². The molecule has 8 heteroatoms. The minimum absolute atomic E-state index is 0.0433. The quantitative estimate of drug-likeness (QED) is 0.488. The van der Waals surface area contributed by atoms with Gasteiger partial charge in [0.25, 0.3) is 5.91 Å². The number of hydrogen-bond donors (Lipinski definition) is 2. The van der Waals surface area contributed by atoms with Crippen LogP contribution in [0.4, 0.5) is 5.13 Å². The van der Waals surface area contributed by atoms with Crippen LogP contribution in [0.15, 0.2) is 53.0 Å². The fourth-order valence-electron chi connectivity index (χ4n) is 2.80. The Morgan fingerprint density at radius 3 is 2.37 bits per heavy atom. The van der Waals surface area contributed by atoms with Crippen molar-refractivity contribution >= 4 is 44.2 Å². The smallest absolute Gasteiger partial charge is 0.251 e. The van der Waals surface area contributed by atoms with Gasteiger partial charge in [0.2, 0.25) is 11.0 Å². The third-order valence-corrected chi connectivity index (χ3v) is 6.26. The minimum Gasteiger partial charge on any atom is -0.340 e. The highest BCUT2D eigenvalue weighted by atomic mass is 79.9. The van der Waals surface area contributed by atoms with Crippen molar-refractivity contribution in [3.05, 3.63) is 64.1 Å². The fourth-order valence-corrected chi connectivity index (χ4v) is 3.81. The Kier molecular flexibility index (Phi) is 7.33. The number of carbonyl (C=O) groups is 2. The highest BCUT2D eigenvalue weighted by Crippen LogP contribution is 2.27. The van der Waals surface area contributed by atoms with E-state index < -0.39 is 6.04 Å². The number of halogens is 1. The average molecular weight is 487 g/mol. The normalized spacial score (nSPS) is 12.8. The van der Waals surface area contributed by atoms with E-state index in [1.54, 1.807) is 12.1 Å². The van der Waals surface area contributed by atoms with E-state index in [9.17, 15) is 9.59 Å². The lowest BCUT2D eigenvalue weighted by molar-refractivity contribution is -0.119. The van der Waals surface area contributed by atoms with Crippen LogP contribution in [-0.4, -0.2) is 28.1 Å². The van der Waals surface area contributed by atoms with Gasteiger partial charge >= 0.3 is 0 Å². The fraction of sp³-hybridized carbons (Fsp3) is 0.273. The van der Waals surface area contributed by atoms with Crippen molar-refractivity contribution in [1.29, 1.82) is 0 Å². The number of benzene rings is 2. The van der Waals surface area contributed by atoms with E-state index in [1.807, 2.05) is 57.2 Å². The van der Waals surface area contributed by atoms with Crippen LogP contribution in [0.25, 0.3) is 10.6 Å². The number of amides is 2. The Morgan fingerprint density at radius 2 is 1.73 bits per heavy atom. The Morgan fingerprint density at radius 1 is 1.07 bits per heavy atom. The monoisotopic (exact) mass is 486 g/mol. The van der Waals surface area contributed by atoms with Gasteiger partial charge in [-0.25, -0.2) is 0 Å². The summed E-state index contributed by atoms with van der Waals surface area (Å²) in [4.78, 5) is 25.6. The summed E-state index contributed by atoms with van der Waals surface area (Å²) in [7, 11) is 0. The van der Waals surface area contributed by atoms with Gasteiger partial charge in [-0.2, -0.15) is 0 Å². The second kappa shape index (κ2) is 9.95. The molecule has 6 nitrogen and oxygen atoms in total. The molecule has 0 saturated carbocycles. The van der Waals surface area contributed by atoms with Gasteiger partial charge < -0.3 is 5.32 Å². The molecule has 3 rings (SSSR count). The van der Waals surface area contributed by atoms with Gasteiger partial charge in [-0.15, -0.1) is 10.2 Å². The van der Waals surface area contributed by atoms with Gasteiger partial charge in [-0.1, -0.05) is 77.4 Å². The molecule has 1 aromatic heterocycles. The van der Waals surface area contributed by atoms with Crippen molar-refractivity contribution in [2.75, 3.05) is 5.32 Å². The molecule has 0 aliphatic rings. The van der Waals surface area contributed by atoms with E-state index >= 15 is 0 Å². The number of hydrogen-bond acceptors (Lipinski definition) is 5. The van der Waals surface area contributed by atoms with Gasteiger partial charge in [-0.05, 0) is 37.1 Å². The van der Waals surface area contributed by atoms with Crippen LogP contribution in [0.1, 0.15) is 36.2 Å². The average Bonchev–Trinajstić information content (AvgIpc) is 3.20. The molecule has 0 radical (unpaired) electrons. The lowest BCUT2D eigenvalue weighted by Gasteiger charge is -2.23. The maximum absolute atomic E-state index is 12.9. The van der Waals surface area contributed by atoms with Gasteiger partial charge in [0.1, 0.15) is 11.0 Å². The summed E-state index contributed by atoms with van der Waals surface area (Å²) in [5.74, 6) is -0.621. The molecule has 0 spiro atoms. The number of aromatic nitrogens is 2. The molecular formula is C22H23BrN4O2S. The number of rotatable bonds is 7. The number of nitrogens with zero attached hydrogens (tertiary/aromatic N) is 2. The van der Waals surface area contributed by atoms with Gasteiger partial charge in [0.15, 0.2) is 0 Å². The first-order chi connectivity index (χ1) is 14.4. The van der Waals surface area contributed by atoms with E-state index in [1.165, 1.54) is 11.3 Å². The Labute approximate surface area is 188 Å². The maximum Gasteiger partial charge on any atom is 0.251 e. The number of carbonyl (C=O) groups excluding carboxylic acids is 2. The molecule has 2 unspecified atom stereocenters. The molecule has 2 amide bonds. The number of aryl methyl sites for hydroxylation is 1. The molecule has 3 aromatic rings. The Balaban J connectivity index is 1.72. The zero-order valence-corrected chi connectivity index (χ0v) is 19.4. The van der Waals surface area contributed by atoms with Crippen LogP contribution in [0.2, 0.25) is 0 Å². The van der Waals surface area contributed by atoms with Crippen LogP contribution in [0.3, 0.4) is 0 Å². The van der Waals surface area contributed by atoms with Crippen LogP contribution >= 0.6 is 27.3 Å². The standard InChI is InChI=1S/C22H23BrN4O2S/c1-4-14(3)18(24-19(28)15-7-5-13(2)6-8-15)20(29)25-22-27-26-21(30-22)16-9-11-17(23)12-10-16/h5-12,14,18H,4H2,1-3H3,(H,24,28)(H,25,27,29). The molecule has 2 atom stereocenters. The lowest BCUT2D eigenvalue weighted by atomic mass is 9.98. The largest absolute Gasteiger partial charge is 0.340 e. The topological polar surface area (TPSA) is 84.0 Å². The van der Waals surface area contributed by atoms with Crippen molar-refractivity contribution in [2.24, 2.45) is 5.92 Å². The number of nitrogens with one attached hydrogen (secondary N) is 2. The Bertz CT molecular complexity index is 1020. The van der Waals surface area contributed by atoms with E-state index in [4.69, 9.17) is 0 Å². The van der Waals surface area contributed by atoms with E-state index in [0.29, 0.717) is 15.7 Å². The highest BCUT2D eigenvalue weighted by Gasteiger charge is 2.27. The summed E-state index contributed by atoms with van der Waals surface area (Å²) in [5, 5.41) is 15.0. The van der Waals surface area contributed by atoms with E-state index in [0.717, 1.165) is 22.0 Å².